The van der Waals surface area contributed by atoms with Gasteiger partial charge in [-0.15, -0.1) is 0 Å². The molecule has 1 aromatic heterocycles. The number of aryl methyl sites for hydroxylation is 1. The zero-order valence-corrected chi connectivity index (χ0v) is 17.6. The van der Waals surface area contributed by atoms with Crippen LogP contribution in [-0.2, 0) is 13.1 Å². The second-order valence-corrected chi connectivity index (χ2v) is 8.38. The van der Waals surface area contributed by atoms with E-state index in [0.717, 1.165) is 46.0 Å². The van der Waals surface area contributed by atoms with E-state index in [2.05, 4.69) is 24.0 Å². The number of aromatic carboxylic acids is 1. The van der Waals surface area contributed by atoms with Crippen LogP contribution in [0.4, 0.5) is 0 Å². The predicted octanol–water partition coefficient (Wildman–Crippen LogP) is 4.43. The summed E-state index contributed by atoms with van der Waals surface area (Å²) in [6.07, 6.45) is 7.91. The Hall–Kier alpha value is -2.85. The molecule has 0 aliphatic heterocycles. The van der Waals surface area contributed by atoms with Gasteiger partial charge in [-0.2, -0.15) is 0 Å². The van der Waals surface area contributed by atoms with E-state index in [1.165, 1.54) is 19.3 Å². The van der Waals surface area contributed by atoms with E-state index in [0.29, 0.717) is 19.1 Å². The molecule has 0 amide bonds. The van der Waals surface area contributed by atoms with Crippen LogP contribution in [0.2, 0.25) is 0 Å². The molecule has 4 heteroatoms. The third kappa shape index (κ3) is 4.19. The van der Waals surface area contributed by atoms with Crippen LogP contribution in [0.25, 0.3) is 17.0 Å². The fourth-order valence-corrected chi connectivity index (χ4v) is 4.60. The molecule has 0 spiro atoms. The minimum absolute atomic E-state index is 0.284. The third-order valence-electron chi connectivity index (χ3n) is 6.25. The largest absolute Gasteiger partial charge is 0.543 e. The lowest BCUT2D eigenvalue weighted by Crippen LogP contribution is -2.32. The highest BCUT2D eigenvalue weighted by Gasteiger charge is 2.20. The number of aromatic nitrogens is 1. The summed E-state index contributed by atoms with van der Waals surface area (Å²) >= 11 is 0. The molecule has 2 aromatic carbocycles. The predicted molar refractivity (Wildman–Crippen MR) is 120 cm³/mol. The molecule has 4 rings (SSSR count). The van der Waals surface area contributed by atoms with E-state index in [1.807, 2.05) is 41.8 Å². The molecule has 1 heterocycles. The van der Waals surface area contributed by atoms with Gasteiger partial charge >= 0.3 is 0 Å². The maximum atomic E-state index is 12.3. The van der Waals surface area contributed by atoms with Crippen molar-refractivity contribution in [1.29, 1.82) is 0 Å². The molecular weight excluding hydrogens is 372 g/mol. The first-order valence-electron chi connectivity index (χ1n) is 10.8. The highest BCUT2D eigenvalue weighted by Crippen LogP contribution is 2.29. The van der Waals surface area contributed by atoms with Gasteiger partial charge in [-0.3, -0.25) is 0 Å². The molecule has 0 unspecified atom stereocenters. The van der Waals surface area contributed by atoms with Gasteiger partial charge < -0.3 is 19.8 Å². The van der Waals surface area contributed by atoms with Gasteiger partial charge in [0.2, 0.25) is 0 Å². The van der Waals surface area contributed by atoms with E-state index < -0.39 is 5.97 Å². The fraction of sp³-hybridized carbons (Fsp3) is 0.346. The smallest absolute Gasteiger partial charge is 0.0884 e. The lowest BCUT2D eigenvalue weighted by atomic mass is 9.95. The van der Waals surface area contributed by atoms with Crippen molar-refractivity contribution < 1.29 is 9.90 Å². The summed E-state index contributed by atoms with van der Waals surface area (Å²) in [5.74, 6) is -1.12. The van der Waals surface area contributed by atoms with Gasteiger partial charge in [0, 0.05) is 35.6 Å². The standard InChI is InChI=1S/C26H30N2O2/c1-3-19-10-12-20(13-11-19)17-28-24-15-18(2)9-14-22(24)23(25(28)26(29)30)16-27-21-7-5-4-6-8-21/h3,9-15,21,27H,1,4-8,16-17H2,2H3,(H,29,30)/p-1. The Morgan fingerprint density at radius 2 is 1.90 bits per heavy atom. The van der Waals surface area contributed by atoms with Crippen LogP contribution in [0.1, 0.15) is 64.8 Å². The summed E-state index contributed by atoms with van der Waals surface area (Å²) in [6, 6.07) is 14.7. The van der Waals surface area contributed by atoms with E-state index in [9.17, 15) is 9.90 Å². The van der Waals surface area contributed by atoms with Crippen LogP contribution in [0, 0.1) is 6.92 Å². The lowest BCUT2D eigenvalue weighted by Gasteiger charge is -2.23. The molecule has 30 heavy (non-hydrogen) atoms. The van der Waals surface area contributed by atoms with Crippen molar-refractivity contribution in [3.05, 3.63) is 77.0 Å². The average Bonchev–Trinajstić information content (AvgIpc) is 3.06. The number of carboxylic acid groups (broad SMARTS) is 1. The molecule has 1 aliphatic rings. The van der Waals surface area contributed by atoms with Gasteiger partial charge in [0.1, 0.15) is 0 Å². The first kappa shape index (κ1) is 20.4. The summed E-state index contributed by atoms with van der Waals surface area (Å²) in [4.78, 5) is 12.3. The third-order valence-corrected chi connectivity index (χ3v) is 6.25. The Morgan fingerprint density at radius 1 is 1.17 bits per heavy atom. The Kier molecular flexibility index (Phi) is 6.05. The van der Waals surface area contributed by atoms with Gasteiger partial charge in [-0.05, 0) is 42.5 Å². The van der Waals surface area contributed by atoms with Crippen LogP contribution in [0.15, 0.2) is 49.0 Å². The molecule has 3 aromatic rings. The zero-order chi connectivity index (χ0) is 21.1. The summed E-state index contributed by atoms with van der Waals surface area (Å²) in [5, 5.41) is 16.9. The van der Waals surface area contributed by atoms with Crippen molar-refractivity contribution in [3.8, 4) is 0 Å². The number of carbonyl (C=O) groups is 1. The molecule has 1 saturated carbocycles. The quantitative estimate of drug-likeness (QED) is 0.637. The molecule has 156 valence electrons. The van der Waals surface area contributed by atoms with Gasteiger partial charge in [-0.1, -0.05) is 68.3 Å². The normalized spacial score (nSPS) is 14.8. The second kappa shape index (κ2) is 8.88. The van der Waals surface area contributed by atoms with Crippen LogP contribution < -0.4 is 10.4 Å². The molecule has 4 nitrogen and oxygen atoms in total. The van der Waals surface area contributed by atoms with Gasteiger partial charge in [-0.25, -0.2) is 0 Å². The molecule has 1 N–H and O–H groups in total. The van der Waals surface area contributed by atoms with Crippen molar-refractivity contribution in [2.24, 2.45) is 0 Å². The summed E-state index contributed by atoms with van der Waals surface area (Å²) < 4.78 is 1.90. The number of hydrogen-bond donors (Lipinski definition) is 1. The maximum absolute atomic E-state index is 12.3. The fourth-order valence-electron chi connectivity index (χ4n) is 4.60. The molecule has 0 saturated heterocycles. The molecule has 1 fully saturated rings. The minimum atomic E-state index is -1.12. The SMILES string of the molecule is C=Cc1ccc(Cn2c(C(=O)[O-])c(CNC3CCCCC3)c3ccc(C)cc32)cc1. The van der Waals surface area contributed by atoms with Crippen molar-refractivity contribution >= 4 is 22.9 Å². The second-order valence-electron chi connectivity index (χ2n) is 8.38. The number of rotatable bonds is 7. The van der Waals surface area contributed by atoms with E-state index in [4.69, 9.17) is 0 Å². The van der Waals surface area contributed by atoms with Crippen molar-refractivity contribution in [2.45, 2.75) is 58.2 Å². The molecule has 0 bridgehead atoms. The number of nitrogens with zero attached hydrogens (tertiary/aromatic N) is 1. The number of benzene rings is 2. The number of hydrogen-bond acceptors (Lipinski definition) is 3. The topological polar surface area (TPSA) is 57.1 Å². The minimum Gasteiger partial charge on any atom is -0.543 e. The molecule has 0 radical (unpaired) electrons. The molecule has 0 atom stereocenters. The average molecular weight is 402 g/mol. The number of carbonyl (C=O) groups excluding carboxylic acids is 1. The van der Waals surface area contributed by atoms with E-state index in [-0.39, 0.29) is 5.69 Å². The highest BCUT2D eigenvalue weighted by molar-refractivity contribution is 5.97. The van der Waals surface area contributed by atoms with Crippen LogP contribution in [0.3, 0.4) is 0 Å². The highest BCUT2D eigenvalue weighted by atomic mass is 16.4. The Labute approximate surface area is 178 Å². The van der Waals surface area contributed by atoms with E-state index in [1.54, 1.807) is 6.08 Å². The van der Waals surface area contributed by atoms with Crippen LogP contribution in [0.5, 0.6) is 0 Å². The summed E-state index contributed by atoms with van der Waals surface area (Å²) in [7, 11) is 0. The molecule has 1 aliphatic carbocycles. The summed E-state index contributed by atoms with van der Waals surface area (Å²) in [5.41, 5.74) is 5.27. The Balaban J connectivity index is 1.75. The maximum Gasteiger partial charge on any atom is 0.0884 e. The molecular formula is C26H29N2O2-. The summed E-state index contributed by atoms with van der Waals surface area (Å²) in [6.45, 7) is 6.87. The van der Waals surface area contributed by atoms with Gasteiger partial charge in [0.15, 0.2) is 0 Å². The van der Waals surface area contributed by atoms with Crippen molar-refractivity contribution in [2.75, 3.05) is 0 Å². The van der Waals surface area contributed by atoms with Crippen molar-refractivity contribution in [1.82, 2.24) is 9.88 Å². The van der Waals surface area contributed by atoms with E-state index >= 15 is 0 Å². The van der Waals surface area contributed by atoms with Gasteiger partial charge in [0.05, 0.1) is 11.7 Å². The first-order chi connectivity index (χ1) is 14.6. The first-order valence-corrected chi connectivity index (χ1v) is 10.8. The zero-order valence-electron chi connectivity index (χ0n) is 17.6. The Morgan fingerprint density at radius 3 is 2.57 bits per heavy atom. The number of nitrogens with one attached hydrogen (secondary N) is 1. The number of fused-ring (bicyclic) bond motifs is 1. The van der Waals surface area contributed by atoms with Crippen LogP contribution >= 0.6 is 0 Å². The van der Waals surface area contributed by atoms with Gasteiger partial charge in [0.25, 0.3) is 0 Å². The monoisotopic (exact) mass is 401 g/mol. The van der Waals surface area contributed by atoms with Crippen molar-refractivity contribution in [3.63, 3.8) is 0 Å². The Bertz CT molecular complexity index is 1060. The number of carboxylic acids is 1. The lowest BCUT2D eigenvalue weighted by molar-refractivity contribution is -0.255. The van der Waals surface area contributed by atoms with Crippen LogP contribution in [-0.4, -0.2) is 16.6 Å².